The van der Waals surface area contributed by atoms with Gasteiger partial charge < -0.3 is 10.1 Å². The third kappa shape index (κ3) is 4.44. The van der Waals surface area contributed by atoms with E-state index in [1.54, 1.807) is 7.11 Å². The van der Waals surface area contributed by atoms with E-state index in [1.807, 2.05) is 12.1 Å². The Balaban J connectivity index is 2.42. The lowest BCUT2D eigenvalue weighted by Crippen LogP contribution is -2.03. The van der Waals surface area contributed by atoms with Gasteiger partial charge in [-0.3, -0.25) is 0 Å². The predicted octanol–water partition coefficient (Wildman–Crippen LogP) is 4.31. The maximum Gasteiger partial charge on any atom is 0.135 e. The molecule has 1 aromatic carbocycles. The maximum absolute atomic E-state index is 5.24. The van der Waals surface area contributed by atoms with E-state index in [0.717, 1.165) is 28.4 Å². The fourth-order valence-corrected chi connectivity index (χ4v) is 1.92. The van der Waals surface area contributed by atoms with Crippen LogP contribution < -0.4 is 10.1 Å². The van der Waals surface area contributed by atoms with E-state index in [1.165, 1.54) is 12.8 Å². The molecule has 0 heterocycles. The minimum Gasteiger partial charge on any atom is -0.495 e. The molecule has 0 saturated carbocycles. The molecule has 1 aromatic rings. The minimum atomic E-state index is 0.779. The molecule has 0 aromatic heterocycles. The minimum absolute atomic E-state index is 0.779. The molecule has 0 aliphatic carbocycles. The Bertz CT molecular complexity index is 326. The number of hydrogen-bond acceptors (Lipinski definition) is 2. The Hall–Kier alpha value is -0.700. The van der Waals surface area contributed by atoms with Crippen LogP contribution in [0.1, 0.15) is 26.7 Å². The summed E-state index contributed by atoms with van der Waals surface area (Å²) in [5.74, 6) is 1.65. The molecular formula is C13H20BrNO. The third-order valence-electron chi connectivity index (χ3n) is 2.44. The molecule has 0 atom stereocenters. The Morgan fingerprint density at radius 2 is 2.12 bits per heavy atom. The van der Waals surface area contributed by atoms with E-state index < -0.39 is 0 Å². The molecule has 2 nitrogen and oxygen atoms in total. The van der Waals surface area contributed by atoms with Gasteiger partial charge in [-0.15, -0.1) is 0 Å². The van der Waals surface area contributed by atoms with Crippen molar-refractivity contribution in [3.8, 4) is 5.75 Å². The molecule has 0 aliphatic rings. The highest BCUT2D eigenvalue weighted by atomic mass is 79.9. The van der Waals surface area contributed by atoms with Crippen LogP contribution in [0.25, 0.3) is 0 Å². The van der Waals surface area contributed by atoms with Crippen molar-refractivity contribution in [1.82, 2.24) is 0 Å². The molecular weight excluding hydrogens is 266 g/mol. The van der Waals surface area contributed by atoms with Crippen molar-refractivity contribution < 1.29 is 4.74 Å². The molecule has 0 saturated heterocycles. The fraction of sp³-hybridized carbons (Fsp3) is 0.538. The number of nitrogens with one attached hydrogen (secondary N) is 1. The van der Waals surface area contributed by atoms with Crippen molar-refractivity contribution in [2.45, 2.75) is 26.7 Å². The van der Waals surface area contributed by atoms with E-state index in [4.69, 9.17) is 4.74 Å². The Labute approximate surface area is 107 Å². The van der Waals surface area contributed by atoms with Crippen molar-refractivity contribution in [2.24, 2.45) is 5.92 Å². The third-order valence-corrected chi connectivity index (χ3v) is 3.09. The normalized spacial score (nSPS) is 10.6. The first-order valence-corrected chi connectivity index (χ1v) is 6.50. The van der Waals surface area contributed by atoms with E-state index in [-0.39, 0.29) is 0 Å². The zero-order valence-electron chi connectivity index (χ0n) is 10.2. The van der Waals surface area contributed by atoms with E-state index in [0.29, 0.717) is 0 Å². The lowest BCUT2D eigenvalue weighted by molar-refractivity contribution is 0.412. The largest absolute Gasteiger partial charge is 0.495 e. The molecule has 0 bridgehead atoms. The van der Waals surface area contributed by atoms with Crippen molar-refractivity contribution >= 4 is 21.6 Å². The van der Waals surface area contributed by atoms with Gasteiger partial charge in [0, 0.05) is 18.3 Å². The topological polar surface area (TPSA) is 21.3 Å². The average molecular weight is 286 g/mol. The molecule has 0 aliphatic heterocycles. The van der Waals surface area contributed by atoms with Crippen LogP contribution >= 0.6 is 15.9 Å². The van der Waals surface area contributed by atoms with Gasteiger partial charge in [0.1, 0.15) is 5.75 Å². The Morgan fingerprint density at radius 1 is 1.38 bits per heavy atom. The van der Waals surface area contributed by atoms with Crippen molar-refractivity contribution in [3.05, 3.63) is 22.7 Å². The van der Waals surface area contributed by atoms with Crippen molar-refractivity contribution in [1.29, 1.82) is 0 Å². The summed E-state index contributed by atoms with van der Waals surface area (Å²) in [5, 5.41) is 3.40. The second-order valence-corrected chi connectivity index (χ2v) is 5.17. The standard InChI is InChI=1S/C13H20BrNO/c1-10(2)5-4-8-15-11-6-7-12(14)13(9-11)16-3/h6-7,9-10,15H,4-5,8H2,1-3H3. The second kappa shape index (κ2) is 6.79. The van der Waals surface area contributed by atoms with Gasteiger partial charge in [0.15, 0.2) is 0 Å². The average Bonchev–Trinajstić information content (AvgIpc) is 2.26. The highest BCUT2D eigenvalue weighted by Gasteiger charge is 2.01. The summed E-state index contributed by atoms with van der Waals surface area (Å²) in [5.41, 5.74) is 1.11. The van der Waals surface area contributed by atoms with Crippen LogP contribution in [0.5, 0.6) is 5.75 Å². The molecule has 1 rings (SSSR count). The number of halogens is 1. The second-order valence-electron chi connectivity index (χ2n) is 4.31. The van der Waals surface area contributed by atoms with Crippen molar-refractivity contribution in [2.75, 3.05) is 19.0 Å². The number of anilines is 1. The van der Waals surface area contributed by atoms with Gasteiger partial charge in [-0.2, -0.15) is 0 Å². The zero-order chi connectivity index (χ0) is 12.0. The summed E-state index contributed by atoms with van der Waals surface area (Å²) in [6, 6.07) is 6.07. The summed E-state index contributed by atoms with van der Waals surface area (Å²) in [6.07, 6.45) is 2.47. The molecule has 0 spiro atoms. The van der Waals surface area contributed by atoms with Crippen LogP contribution in [0, 0.1) is 5.92 Å². The van der Waals surface area contributed by atoms with Crippen LogP contribution in [0.2, 0.25) is 0 Å². The molecule has 90 valence electrons. The number of hydrogen-bond donors (Lipinski definition) is 1. The number of ether oxygens (including phenoxy) is 1. The molecule has 3 heteroatoms. The van der Waals surface area contributed by atoms with E-state index in [9.17, 15) is 0 Å². The van der Waals surface area contributed by atoms with Gasteiger partial charge in [-0.1, -0.05) is 13.8 Å². The van der Waals surface area contributed by atoms with Gasteiger partial charge in [-0.05, 0) is 46.8 Å². The Kier molecular flexibility index (Phi) is 5.67. The quantitative estimate of drug-likeness (QED) is 0.787. The van der Waals surface area contributed by atoms with Gasteiger partial charge in [0.05, 0.1) is 11.6 Å². The maximum atomic E-state index is 5.24. The van der Waals surface area contributed by atoms with Gasteiger partial charge >= 0.3 is 0 Å². The summed E-state index contributed by atoms with van der Waals surface area (Å²) in [4.78, 5) is 0. The molecule has 0 fully saturated rings. The molecule has 0 amide bonds. The monoisotopic (exact) mass is 285 g/mol. The first-order chi connectivity index (χ1) is 7.63. The first-order valence-electron chi connectivity index (χ1n) is 5.71. The van der Waals surface area contributed by atoms with Crippen molar-refractivity contribution in [3.63, 3.8) is 0 Å². The fourth-order valence-electron chi connectivity index (χ4n) is 1.51. The first kappa shape index (κ1) is 13.4. The predicted molar refractivity (Wildman–Crippen MR) is 73.3 cm³/mol. The van der Waals surface area contributed by atoms with Gasteiger partial charge in [-0.25, -0.2) is 0 Å². The lowest BCUT2D eigenvalue weighted by atomic mass is 10.1. The molecule has 1 N–H and O–H groups in total. The van der Waals surface area contributed by atoms with Crippen LogP contribution in [0.15, 0.2) is 22.7 Å². The van der Waals surface area contributed by atoms with E-state index >= 15 is 0 Å². The van der Waals surface area contributed by atoms with Crippen LogP contribution in [-0.4, -0.2) is 13.7 Å². The lowest BCUT2D eigenvalue weighted by Gasteiger charge is -2.10. The Morgan fingerprint density at radius 3 is 2.75 bits per heavy atom. The summed E-state index contributed by atoms with van der Waals surface area (Å²) in [6.45, 7) is 5.52. The molecule has 0 radical (unpaired) electrons. The highest BCUT2D eigenvalue weighted by molar-refractivity contribution is 9.10. The molecule has 16 heavy (non-hydrogen) atoms. The van der Waals surface area contributed by atoms with Crippen LogP contribution in [-0.2, 0) is 0 Å². The van der Waals surface area contributed by atoms with Crippen LogP contribution in [0.3, 0.4) is 0 Å². The van der Waals surface area contributed by atoms with E-state index in [2.05, 4.69) is 41.2 Å². The smallest absolute Gasteiger partial charge is 0.135 e. The summed E-state index contributed by atoms with van der Waals surface area (Å²) in [7, 11) is 1.68. The zero-order valence-corrected chi connectivity index (χ0v) is 11.8. The van der Waals surface area contributed by atoms with Gasteiger partial charge in [0.2, 0.25) is 0 Å². The van der Waals surface area contributed by atoms with Crippen LogP contribution in [0.4, 0.5) is 5.69 Å². The number of rotatable bonds is 6. The van der Waals surface area contributed by atoms with Gasteiger partial charge in [0.25, 0.3) is 0 Å². The highest BCUT2D eigenvalue weighted by Crippen LogP contribution is 2.27. The number of methoxy groups -OCH3 is 1. The SMILES string of the molecule is COc1cc(NCCCC(C)C)ccc1Br. The summed E-state index contributed by atoms with van der Waals surface area (Å²) >= 11 is 3.44. The number of benzene rings is 1. The summed E-state index contributed by atoms with van der Waals surface area (Å²) < 4.78 is 6.23. The molecule has 0 unspecified atom stereocenters.